The highest BCUT2D eigenvalue weighted by atomic mass is 16.5. The Bertz CT molecular complexity index is 481. The summed E-state index contributed by atoms with van der Waals surface area (Å²) in [5.41, 5.74) is 2.09. The summed E-state index contributed by atoms with van der Waals surface area (Å²) in [4.78, 5) is 0. The van der Waals surface area contributed by atoms with E-state index in [9.17, 15) is 10.2 Å². The van der Waals surface area contributed by atoms with Gasteiger partial charge in [-0.3, -0.25) is 0 Å². The van der Waals surface area contributed by atoms with E-state index in [-0.39, 0.29) is 12.2 Å². The molecule has 1 aliphatic carbocycles. The van der Waals surface area contributed by atoms with Crippen LogP contribution in [0.5, 0.6) is 11.5 Å². The van der Waals surface area contributed by atoms with E-state index in [0.717, 1.165) is 29.7 Å². The van der Waals surface area contributed by atoms with Gasteiger partial charge in [0, 0.05) is 23.5 Å². The molecule has 0 aromatic heterocycles. The second kappa shape index (κ2) is 4.32. The Kier molecular flexibility index (Phi) is 2.78. The average molecular weight is 246 g/mol. The molecule has 0 radical (unpaired) electrons. The lowest BCUT2D eigenvalue weighted by atomic mass is 9.81. The normalized spacial score (nSPS) is 29.3. The van der Waals surface area contributed by atoms with Crippen LogP contribution in [-0.2, 0) is 6.42 Å². The zero-order valence-corrected chi connectivity index (χ0v) is 10.3. The molecule has 0 bridgehead atoms. The lowest BCUT2D eigenvalue weighted by Crippen LogP contribution is -2.30. The third-order valence-electron chi connectivity index (χ3n) is 3.98. The molecular weight excluding hydrogens is 228 g/mol. The fourth-order valence-electron chi connectivity index (χ4n) is 3.17. The lowest BCUT2D eigenvalue weighted by molar-refractivity contribution is 0.0548. The molecule has 2 N–H and O–H groups in total. The number of hydrogen-bond donors (Lipinski definition) is 2. The zero-order chi connectivity index (χ0) is 12.7. The average Bonchev–Trinajstić information content (AvgIpc) is 2.67. The number of ether oxygens (including phenoxy) is 1. The highest BCUT2D eigenvalue weighted by Crippen LogP contribution is 2.48. The van der Waals surface area contributed by atoms with Crippen molar-refractivity contribution < 1.29 is 14.9 Å². The molecule has 3 unspecified atom stereocenters. The quantitative estimate of drug-likeness (QED) is 0.788. The summed E-state index contributed by atoms with van der Waals surface area (Å²) in [7, 11) is 0. The van der Waals surface area contributed by atoms with Gasteiger partial charge in [-0.05, 0) is 31.4 Å². The van der Waals surface area contributed by atoms with Gasteiger partial charge in [0.1, 0.15) is 17.6 Å². The van der Waals surface area contributed by atoms with Gasteiger partial charge >= 0.3 is 0 Å². The van der Waals surface area contributed by atoms with Crippen LogP contribution in [0.25, 0.3) is 0 Å². The van der Waals surface area contributed by atoms with Crippen LogP contribution in [0.4, 0.5) is 0 Å². The number of aliphatic hydroxyl groups excluding tert-OH is 1. The van der Waals surface area contributed by atoms with Crippen LogP contribution in [0.2, 0.25) is 0 Å². The van der Waals surface area contributed by atoms with E-state index in [1.807, 2.05) is 12.1 Å². The summed E-state index contributed by atoms with van der Waals surface area (Å²) in [6, 6.07) is 3.55. The van der Waals surface area contributed by atoms with E-state index < -0.39 is 0 Å². The SMILES string of the molecule is C=CCc1cc(O)cc2c1OC1CC(O)CCC21. The molecule has 1 aromatic carbocycles. The molecule has 3 heteroatoms. The van der Waals surface area contributed by atoms with E-state index >= 15 is 0 Å². The molecule has 0 amide bonds. The van der Waals surface area contributed by atoms with Gasteiger partial charge in [-0.25, -0.2) is 0 Å². The van der Waals surface area contributed by atoms with Crippen LogP contribution in [0.1, 0.15) is 36.3 Å². The van der Waals surface area contributed by atoms with Crippen molar-refractivity contribution in [2.75, 3.05) is 0 Å². The minimum Gasteiger partial charge on any atom is -0.508 e. The molecule has 0 saturated heterocycles. The predicted octanol–water partition coefficient (Wildman–Crippen LogP) is 2.51. The number of hydrogen-bond acceptors (Lipinski definition) is 3. The summed E-state index contributed by atoms with van der Waals surface area (Å²) in [6.45, 7) is 3.74. The maximum absolute atomic E-state index is 9.81. The first-order chi connectivity index (χ1) is 8.69. The number of fused-ring (bicyclic) bond motifs is 3. The lowest BCUT2D eigenvalue weighted by Gasteiger charge is -2.27. The molecule has 3 nitrogen and oxygen atoms in total. The Morgan fingerprint density at radius 2 is 2.22 bits per heavy atom. The van der Waals surface area contributed by atoms with Gasteiger partial charge in [-0.2, -0.15) is 0 Å². The maximum atomic E-state index is 9.81. The van der Waals surface area contributed by atoms with Gasteiger partial charge in [-0.1, -0.05) is 6.08 Å². The Morgan fingerprint density at radius 3 is 3.00 bits per heavy atom. The molecule has 2 aliphatic rings. The zero-order valence-electron chi connectivity index (χ0n) is 10.3. The third-order valence-corrected chi connectivity index (χ3v) is 3.98. The molecule has 1 aliphatic heterocycles. The van der Waals surface area contributed by atoms with Gasteiger partial charge in [-0.15, -0.1) is 6.58 Å². The first-order valence-electron chi connectivity index (χ1n) is 6.50. The minimum atomic E-state index is -0.253. The molecule has 1 fully saturated rings. The molecule has 1 saturated carbocycles. The first kappa shape index (κ1) is 11.6. The first-order valence-corrected chi connectivity index (χ1v) is 6.50. The van der Waals surface area contributed by atoms with E-state index in [0.29, 0.717) is 24.5 Å². The van der Waals surface area contributed by atoms with Crippen molar-refractivity contribution >= 4 is 0 Å². The van der Waals surface area contributed by atoms with Crippen LogP contribution in [0, 0.1) is 0 Å². The van der Waals surface area contributed by atoms with Crippen LogP contribution < -0.4 is 4.74 Å². The predicted molar refractivity (Wildman–Crippen MR) is 69.0 cm³/mol. The molecule has 1 heterocycles. The second-order valence-corrected chi connectivity index (χ2v) is 5.25. The van der Waals surface area contributed by atoms with Crippen molar-refractivity contribution in [3.63, 3.8) is 0 Å². The van der Waals surface area contributed by atoms with Gasteiger partial charge in [0.15, 0.2) is 0 Å². The fourth-order valence-corrected chi connectivity index (χ4v) is 3.17. The molecule has 0 spiro atoms. The van der Waals surface area contributed by atoms with Crippen LogP contribution >= 0.6 is 0 Å². The molecule has 96 valence electrons. The number of phenolic OH excluding ortho intramolecular Hbond substituents is 1. The van der Waals surface area contributed by atoms with Crippen molar-refractivity contribution in [1.82, 2.24) is 0 Å². The number of aromatic hydroxyl groups is 1. The highest BCUT2D eigenvalue weighted by Gasteiger charge is 2.40. The Hall–Kier alpha value is -1.48. The van der Waals surface area contributed by atoms with Crippen molar-refractivity contribution in [2.24, 2.45) is 0 Å². The van der Waals surface area contributed by atoms with Crippen LogP contribution in [0.15, 0.2) is 24.8 Å². The summed E-state index contributed by atoms with van der Waals surface area (Å²) in [6.07, 6.45) is 4.75. The number of allylic oxidation sites excluding steroid dienone is 1. The Morgan fingerprint density at radius 1 is 1.39 bits per heavy atom. The van der Waals surface area contributed by atoms with Crippen LogP contribution in [-0.4, -0.2) is 22.4 Å². The molecule has 18 heavy (non-hydrogen) atoms. The van der Waals surface area contributed by atoms with E-state index in [1.165, 1.54) is 0 Å². The van der Waals surface area contributed by atoms with Crippen LogP contribution in [0.3, 0.4) is 0 Å². The molecule has 1 aromatic rings. The smallest absolute Gasteiger partial charge is 0.127 e. The number of aliphatic hydroxyl groups is 1. The topological polar surface area (TPSA) is 49.7 Å². The summed E-state index contributed by atoms with van der Waals surface area (Å²) in [5, 5.41) is 19.5. The van der Waals surface area contributed by atoms with E-state index in [1.54, 1.807) is 6.07 Å². The number of benzene rings is 1. The summed E-state index contributed by atoms with van der Waals surface area (Å²) in [5.74, 6) is 1.51. The van der Waals surface area contributed by atoms with Gasteiger partial charge in [0.05, 0.1) is 6.10 Å². The van der Waals surface area contributed by atoms with E-state index in [4.69, 9.17) is 4.74 Å². The number of phenols is 1. The molecule has 3 rings (SSSR count). The standard InChI is InChI=1S/C15H18O3/c1-2-3-9-6-11(17)7-13-12-5-4-10(16)8-14(12)18-15(9)13/h2,6-7,10,12,14,16-17H,1,3-5,8H2. The van der Waals surface area contributed by atoms with Gasteiger partial charge < -0.3 is 14.9 Å². The summed E-state index contributed by atoms with van der Waals surface area (Å²) < 4.78 is 6.00. The van der Waals surface area contributed by atoms with Crippen molar-refractivity contribution in [3.05, 3.63) is 35.9 Å². The van der Waals surface area contributed by atoms with Crippen molar-refractivity contribution in [1.29, 1.82) is 0 Å². The van der Waals surface area contributed by atoms with Gasteiger partial charge in [0.25, 0.3) is 0 Å². The monoisotopic (exact) mass is 246 g/mol. The van der Waals surface area contributed by atoms with E-state index in [2.05, 4.69) is 6.58 Å². The highest BCUT2D eigenvalue weighted by molar-refractivity contribution is 5.52. The second-order valence-electron chi connectivity index (χ2n) is 5.25. The van der Waals surface area contributed by atoms with Crippen molar-refractivity contribution in [2.45, 2.75) is 43.8 Å². The Labute approximate surface area is 107 Å². The number of rotatable bonds is 2. The largest absolute Gasteiger partial charge is 0.508 e. The molecular formula is C15H18O3. The van der Waals surface area contributed by atoms with Gasteiger partial charge in [0.2, 0.25) is 0 Å². The maximum Gasteiger partial charge on any atom is 0.127 e. The third kappa shape index (κ3) is 1.79. The minimum absolute atomic E-state index is 0.0640. The molecule has 3 atom stereocenters. The van der Waals surface area contributed by atoms with Crippen molar-refractivity contribution in [3.8, 4) is 11.5 Å². The summed E-state index contributed by atoms with van der Waals surface area (Å²) >= 11 is 0. The Balaban J connectivity index is 2.00. The fraction of sp³-hybridized carbons (Fsp3) is 0.467.